The molecule has 4 N–H and O–H groups in total. The first kappa shape index (κ1) is 13.8. The van der Waals surface area contributed by atoms with Gasteiger partial charge in [0.15, 0.2) is 5.82 Å². The summed E-state index contributed by atoms with van der Waals surface area (Å²) in [5, 5.41) is 3.02. The highest BCUT2D eigenvalue weighted by Gasteiger charge is 2.09. The third kappa shape index (κ3) is 3.44. The van der Waals surface area contributed by atoms with Crippen LogP contribution in [-0.2, 0) is 0 Å². The number of aromatic nitrogens is 1. The van der Waals surface area contributed by atoms with E-state index in [1.165, 1.54) is 12.3 Å². The predicted molar refractivity (Wildman–Crippen MR) is 79.2 cm³/mol. The highest BCUT2D eigenvalue weighted by molar-refractivity contribution is 9.10. The molecule has 1 aromatic carbocycles. The second-order valence-corrected chi connectivity index (χ2v) is 4.98. The molecule has 5 nitrogen and oxygen atoms in total. The van der Waals surface area contributed by atoms with Gasteiger partial charge in [-0.1, -0.05) is 27.5 Å². The van der Waals surface area contributed by atoms with Gasteiger partial charge in [-0.15, -0.1) is 0 Å². The summed E-state index contributed by atoms with van der Waals surface area (Å²) < 4.78 is 0.939. The second kappa shape index (κ2) is 6.01. The number of anilines is 2. The van der Waals surface area contributed by atoms with Crippen molar-refractivity contribution in [1.82, 2.24) is 4.98 Å². The maximum atomic E-state index is 12.0. The Morgan fingerprint density at radius 3 is 2.58 bits per heavy atom. The molecule has 0 fully saturated rings. The van der Waals surface area contributed by atoms with Gasteiger partial charge in [-0.05, 0) is 30.3 Å². The van der Waals surface area contributed by atoms with Crippen molar-refractivity contribution in [2.75, 3.05) is 10.7 Å². The number of nitrogens with zero attached hydrogens (tertiary/aromatic N) is 1. The second-order valence-electron chi connectivity index (χ2n) is 3.66. The summed E-state index contributed by atoms with van der Waals surface area (Å²) in [6.07, 6.45) is 1.40. The van der Waals surface area contributed by atoms with Gasteiger partial charge in [0.2, 0.25) is 0 Å². The molecule has 2 rings (SSSR count). The first-order valence-corrected chi connectivity index (χ1v) is 6.46. The van der Waals surface area contributed by atoms with E-state index >= 15 is 0 Å². The van der Waals surface area contributed by atoms with Crippen LogP contribution in [0.15, 0.2) is 41.0 Å². The molecule has 1 amide bonds. The molecule has 0 radical (unpaired) electrons. The Hall–Kier alpha value is -1.63. The van der Waals surface area contributed by atoms with E-state index in [9.17, 15) is 4.79 Å². The number of nitrogens with one attached hydrogen (secondary N) is 2. The minimum atomic E-state index is -0.291. The first-order chi connectivity index (χ1) is 9.10. The van der Waals surface area contributed by atoms with Crippen LogP contribution >= 0.6 is 27.5 Å². The summed E-state index contributed by atoms with van der Waals surface area (Å²) in [6.45, 7) is 0. The standard InChI is InChI=1S/C12H10BrClN4O/c13-8-1-3-9(4-2-8)17-12(19)7-5-10(14)11(18-15)16-6-7/h1-6H,15H2,(H,16,18)(H,17,19). The van der Waals surface area contributed by atoms with Crippen LogP contribution in [0.3, 0.4) is 0 Å². The number of rotatable bonds is 3. The molecule has 2 aromatic rings. The lowest BCUT2D eigenvalue weighted by atomic mass is 10.2. The number of amides is 1. The third-order valence-electron chi connectivity index (χ3n) is 2.34. The molecule has 0 aliphatic rings. The van der Waals surface area contributed by atoms with Crippen molar-refractivity contribution in [1.29, 1.82) is 0 Å². The van der Waals surface area contributed by atoms with Crippen molar-refractivity contribution in [3.8, 4) is 0 Å². The minimum Gasteiger partial charge on any atom is -0.322 e. The zero-order valence-corrected chi connectivity index (χ0v) is 12.0. The minimum absolute atomic E-state index is 0.283. The maximum absolute atomic E-state index is 12.0. The molecule has 0 aliphatic heterocycles. The molecule has 98 valence electrons. The zero-order chi connectivity index (χ0) is 13.8. The van der Waals surface area contributed by atoms with E-state index in [0.29, 0.717) is 17.1 Å². The normalized spacial score (nSPS) is 10.1. The summed E-state index contributed by atoms with van der Waals surface area (Å²) in [4.78, 5) is 15.9. The van der Waals surface area contributed by atoms with Gasteiger partial charge >= 0.3 is 0 Å². The van der Waals surface area contributed by atoms with Crippen LogP contribution in [0.5, 0.6) is 0 Å². The van der Waals surface area contributed by atoms with Gasteiger partial charge in [-0.2, -0.15) is 0 Å². The highest BCUT2D eigenvalue weighted by atomic mass is 79.9. The number of hydrazine groups is 1. The Morgan fingerprint density at radius 1 is 1.32 bits per heavy atom. The maximum Gasteiger partial charge on any atom is 0.257 e. The van der Waals surface area contributed by atoms with E-state index in [0.717, 1.165) is 4.47 Å². The van der Waals surface area contributed by atoms with Crippen molar-refractivity contribution in [3.63, 3.8) is 0 Å². The fraction of sp³-hybridized carbons (Fsp3) is 0. The molecular weight excluding hydrogens is 332 g/mol. The molecule has 0 unspecified atom stereocenters. The van der Waals surface area contributed by atoms with Gasteiger partial charge in [0, 0.05) is 16.4 Å². The van der Waals surface area contributed by atoms with E-state index in [4.69, 9.17) is 17.4 Å². The number of pyridine rings is 1. The smallest absolute Gasteiger partial charge is 0.257 e. The molecule has 1 aromatic heterocycles. The number of hydrogen-bond acceptors (Lipinski definition) is 4. The fourth-order valence-corrected chi connectivity index (χ4v) is 1.89. The van der Waals surface area contributed by atoms with Gasteiger partial charge in [0.25, 0.3) is 5.91 Å². The van der Waals surface area contributed by atoms with E-state index in [-0.39, 0.29) is 10.9 Å². The number of carbonyl (C=O) groups is 1. The molecule has 0 saturated carbocycles. The lowest BCUT2D eigenvalue weighted by Crippen LogP contribution is -2.14. The molecule has 0 atom stereocenters. The summed E-state index contributed by atoms with van der Waals surface area (Å²) in [5.74, 6) is 5.24. The Labute approximate surface area is 123 Å². The van der Waals surface area contributed by atoms with E-state index < -0.39 is 0 Å². The molecular formula is C12H10BrClN4O. The van der Waals surface area contributed by atoms with Crippen LogP contribution in [0.4, 0.5) is 11.5 Å². The highest BCUT2D eigenvalue weighted by Crippen LogP contribution is 2.20. The van der Waals surface area contributed by atoms with Crippen LogP contribution in [0.25, 0.3) is 0 Å². The Kier molecular flexibility index (Phi) is 4.36. The van der Waals surface area contributed by atoms with Crippen molar-refractivity contribution >= 4 is 44.9 Å². The molecule has 0 aliphatic carbocycles. The van der Waals surface area contributed by atoms with Crippen molar-refractivity contribution in [2.24, 2.45) is 5.84 Å². The van der Waals surface area contributed by atoms with Crippen LogP contribution in [0.2, 0.25) is 5.02 Å². The van der Waals surface area contributed by atoms with E-state index in [1.54, 1.807) is 12.1 Å². The van der Waals surface area contributed by atoms with Gasteiger partial charge in [0.1, 0.15) is 0 Å². The number of nitrogen functional groups attached to an aromatic ring is 1. The summed E-state index contributed by atoms with van der Waals surface area (Å²) in [7, 11) is 0. The Balaban J connectivity index is 2.16. The van der Waals surface area contributed by atoms with Gasteiger partial charge in [-0.25, -0.2) is 10.8 Å². The van der Waals surface area contributed by atoms with Gasteiger partial charge in [0.05, 0.1) is 10.6 Å². The summed E-state index contributed by atoms with van der Waals surface area (Å²) >= 11 is 9.23. The Bertz CT molecular complexity index is 603. The van der Waals surface area contributed by atoms with Crippen molar-refractivity contribution < 1.29 is 4.79 Å². The summed E-state index contributed by atoms with van der Waals surface area (Å²) in [5.41, 5.74) is 3.38. The molecule has 1 heterocycles. The van der Waals surface area contributed by atoms with Crippen LogP contribution < -0.4 is 16.6 Å². The molecule has 0 saturated heterocycles. The van der Waals surface area contributed by atoms with E-state index in [2.05, 4.69) is 31.7 Å². The van der Waals surface area contributed by atoms with Crippen LogP contribution in [-0.4, -0.2) is 10.9 Å². The van der Waals surface area contributed by atoms with Crippen molar-refractivity contribution in [3.05, 3.63) is 51.6 Å². The van der Waals surface area contributed by atoms with Crippen molar-refractivity contribution in [2.45, 2.75) is 0 Å². The molecule has 19 heavy (non-hydrogen) atoms. The first-order valence-electron chi connectivity index (χ1n) is 5.29. The fourth-order valence-electron chi connectivity index (χ4n) is 1.40. The molecule has 0 bridgehead atoms. The topological polar surface area (TPSA) is 80.0 Å². The summed E-state index contributed by atoms with van der Waals surface area (Å²) in [6, 6.07) is 8.74. The number of hydrogen-bond donors (Lipinski definition) is 3. The molecule has 0 spiro atoms. The number of benzene rings is 1. The number of carbonyl (C=O) groups excluding carboxylic acids is 1. The monoisotopic (exact) mass is 340 g/mol. The third-order valence-corrected chi connectivity index (χ3v) is 3.16. The van der Waals surface area contributed by atoms with Crippen LogP contribution in [0, 0.1) is 0 Å². The quantitative estimate of drug-likeness (QED) is 0.592. The lowest BCUT2D eigenvalue weighted by Gasteiger charge is -2.07. The largest absolute Gasteiger partial charge is 0.322 e. The Morgan fingerprint density at radius 2 is 2.00 bits per heavy atom. The molecule has 7 heteroatoms. The van der Waals surface area contributed by atoms with Gasteiger partial charge < -0.3 is 10.7 Å². The average Bonchev–Trinajstić information content (AvgIpc) is 2.41. The zero-order valence-electron chi connectivity index (χ0n) is 9.65. The number of nitrogens with two attached hydrogens (primary N) is 1. The van der Waals surface area contributed by atoms with Gasteiger partial charge in [-0.3, -0.25) is 4.79 Å². The van der Waals surface area contributed by atoms with E-state index in [1.807, 2.05) is 12.1 Å². The van der Waals surface area contributed by atoms with Crippen LogP contribution in [0.1, 0.15) is 10.4 Å². The predicted octanol–water partition coefficient (Wildman–Crippen LogP) is 3.04. The number of halogens is 2. The lowest BCUT2D eigenvalue weighted by molar-refractivity contribution is 0.102. The average molecular weight is 342 g/mol. The SMILES string of the molecule is NNc1ncc(C(=O)Nc2ccc(Br)cc2)cc1Cl.